The van der Waals surface area contributed by atoms with Crippen LogP contribution in [0.5, 0.6) is 0 Å². The summed E-state index contributed by atoms with van der Waals surface area (Å²) in [5.41, 5.74) is 5.06. The molecule has 2 aromatic rings. The second-order valence-corrected chi connectivity index (χ2v) is 6.45. The highest BCUT2D eigenvalue weighted by Crippen LogP contribution is 2.23. The maximum atomic E-state index is 12.2. The van der Waals surface area contributed by atoms with Gasteiger partial charge in [-0.05, 0) is 31.2 Å². The first-order valence-electron chi connectivity index (χ1n) is 8.00. The number of Topliss-reactive ketones (excluding diaryl/α,β-unsaturated/α-hetero) is 1. The van der Waals surface area contributed by atoms with Crippen molar-refractivity contribution in [2.24, 2.45) is 0 Å². The van der Waals surface area contributed by atoms with Gasteiger partial charge in [-0.25, -0.2) is 4.79 Å². The second-order valence-electron chi connectivity index (χ2n) is 5.43. The zero-order valence-corrected chi connectivity index (χ0v) is 15.4. The fourth-order valence-corrected chi connectivity index (χ4v) is 2.81. The predicted molar refractivity (Wildman–Crippen MR) is 100 cm³/mol. The molecule has 0 fully saturated rings. The average Bonchev–Trinajstić information content (AvgIpc) is 2.69. The number of rotatable bonds is 7. The van der Waals surface area contributed by atoms with E-state index >= 15 is 0 Å². The van der Waals surface area contributed by atoms with Gasteiger partial charge >= 0.3 is 5.97 Å². The molecule has 2 amide bonds. The molecular weight excluding hydrogens is 368 g/mol. The van der Waals surface area contributed by atoms with Crippen LogP contribution in [-0.2, 0) is 14.3 Å². The Morgan fingerprint density at radius 3 is 2.30 bits per heavy atom. The lowest BCUT2D eigenvalue weighted by Gasteiger charge is -2.10. The van der Waals surface area contributed by atoms with E-state index in [9.17, 15) is 19.2 Å². The van der Waals surface area contributed by atoms with Gasteiger partial charge in [0.2, 0.25) is 0 Å². The number of hydrazine groups is 1. The number of amides is 2. The van der Waals surface area contributed by atoms with Crippen molar-refractivity contribution in [3.8, 4) is 0 Å². The fourth-order valence-electron chi connectivity index (χ4n) is 1.97. The molecule has 0 bridgehead atoms. The van der Waals surface area contributed by atoms with Gasteiger partial charge in [0.05, 0.1) is 11.3 Å². The van der Waals surface area contributed by atoms with Gasteiger partial charge in [-0.15, -0.1) is 11.8 Å². The van der Waals surface area contributed by atoms with E-state index in [-0.39, 0.29) is 17.1 Å². The minimum absolute atomic E-state index is 0.0169. The van der Waals surface area contributed by atoms with Gasteiger partial charge in [0, 0.05) is 10.5 Å². The molecule has 140 valence electrons. The third-order valence-electron chi connectivity index (χ3n) is 3.22. The van der Waals surface area contributed by atoms with Gasteiger partial charge in [0.15, 0.2) is 6.61 Å². The van der Waals surface area contributed by atoms with Crippen LogP contribution in [0.3, 0.4) is 0 Å². The fraction of sp³-hybridized carbons (Fsp3) is 0.158. The van der Waals surface area contributed by atoms with Crippen LogP contribution in [0.4, 0.5) is 0 Å². The normalized spacial score (nSPS) is 9.96. The summed E-state index contributed by atoms with van der Waals surface area (Å²) in [5, 5.41) is 0. The van der Waals surface area contributed by atoms with Gasteiger partial charge in [-0.1, -0.05) is 30.3 Å². The molecule has 2 aromatic carbocycles. The first-order valence-corrected chi connectivity index (χ1v) is 8.98. The van der Waals surface area contributed by atoms with Crippen LogP contribution in [0.1, 0.15) is 27.6 Å². The lowest BCUT2D eigenvalue weighted by atomic mass is 10.2. The van der Waals surface area contributed by atoms with E-state index < -0.39 is 24.4 Å². The third kappa shape index (κ3) is 6.59. The maximum Gasteiger partial charge on any atom is 0.339 e. The molecule has 0 spiro atoms. The molecule has 0 saturated heterocycles. The smallest absolute Gasteiger partial charge is 0.339 e. The molecule has 2 rings (SSSR count). The lowest BCUT2D eigenvalue weighted by molar-refractivity contribution is -0.125. The van der Waals surface area contributed by atoms with E-state index in [2.05, 4.69) is 10.9 Å². The van der Waals surface area contributed by atoms with Crippen molar-refractivity contribution >= 4 is 35.3 Å². The van der Waals surface area contributed by atoms with Gasteiger partial charge < -0.3 is 4.74 Å². The highest BCUT2D eigenvalue weighted by molar-refractivity contribution is 8.00. The van der Waals surface area contributed by atoms with Crippen molar-refractivity contribution in [3.63, 3.8) is 0 Å². The van der Waals surface area contributed by atoms with E-state index in [1.54, 1.807) is 54.6 Å². The Bertz CT molecular complexity index is 839. The quantitative estimate of drug-likeness (QED) is 0.429. The van der Waals surface area contributed by atoms with Crippen molar-refractivity contribution < 1.29 is 23.9 Å². The Kier molecular flexibility index (Phi) is 7.57. The average molecular weight is 386 g/mol. The summed E-state index contributed by atoms with van der Waals surface area (Å²) in [4.78, 5) is 47.5. The Hall–Kier alpha value is -3.13. The second kappa shape index (κ2) is 10.1. The molecule has 27 heavy (non-hydrogen) atoms. The molecule has 0 atom stereocenters. The summed E-state index contributed by atoms with van der Waals surface area (Å²) in [5.74, 6) is -1.64. The zero-order chi connectivity index (χ0) is 19.6. The van der Waals surface area contributed by atoms with Gasteiger partial charge in [-0.3, -0.25) is 25.2 Å². The number of thioether (sulfide) groups is 1. The van der Waals surface area contributed by atoms with Gasteiger partial charge in [0.25, 0.3) is 11.8 Å². The van der Waals surface area contributed by atoms with E-state index in [1.807, 2.05) is 0 Å². The Morgan fingerprint density at radius 1 is 0.926 bits per heavy atom. The predicted octanol–water partition coefficient (Wildman–Crippen LogP) is 1.99. The molecule has 0 heterocycles. The number of nitrogens with one attached hydrogen (secondary N) is 2. The van der Waals surface area contributed by atoms with Crippen molar-refractivity contribution in [2.45, 2.75) is 11.8 Å². The molecule has 2 N–H and O–H groups in total. The molecule has 0 unspecified atom stereocenters. The molecule has 0 radical (unpaired) electrons. The largest absolute Gasteiger partial charge is 0.452 e. The van der Waals surface area contributed by atoms with Crippen LogP contribution in [0, 0.1) is 0 Å². The van der Waals surface area contributed by atoms with Gasteiger partial charge in [-0.2, -0.15) is 0 Å². The lowest BCUT2D eigenvalue weighted by Crippen LogP contribution is -2.43. The molecular formula is C19H18N2O5S. The summed E-state index contributed by atoms with van der Waals surface area (Å²) >= 11 is 1.22. The van der Waals surface area contributed by atoms with E-state index in [0.717, 1.165) is 0 Å². The van der Waals surface area contributed by atoms with Gasteiger partial charge in [0.1, 0.15) is 5.78 Å². The van der Waals surface area contributed by atoms with Crippen LogP contribution in [0.25, 0.3) is 0 Å². The van der Waals surface area contributed by atoms with Crippen LogP contribution < -0.4 is 10.9 Å². The number of benzene rings is 2. The van der Waals surface area contributed by atoms with Crippen molar-refractivity contribution in [3.05, 3.63) is 65.7 Å². The molecule has 7 nitrogen and oxygen atoms in total. The minimum atomic E-state index is -0.689. The van der Waals surface area contributed by atoms with E-state index in [4.69, 9.17) is 4.74 Å². The summed E-state index contributed by atoms with van der Waals surface area (Å²) in [7, 11) is 0. The Balaban J connectivity index is 1.84. The standard InChI is InChI=1S/C19H18N2O5S/c1-13(22)12-27-16-10-6-5-9-15(16)19(25)26-11-17(23)20-21-18(24)14-7-3-2-4-8-14/h2-10H,11-12H2,1H3,(H,20,23)(H,21,24). The molecule has 0 aliphatic heterocycles. The number of carbonyl (C=O) groups is 4. The topological polar surface area (TPSA) is 102 Å². The highest BCUT2D eigenvalue weighted by atomic mass is 32.2. The summed E-state index contributed by atoms with van der Waals surface area (Å²) in [6, 6.07) is 15.0. The molecule has 8 heteroatoms. The van der Waals surface area contributed by atoms with Crippen molar-refractivity contribution in [2.75, 3.05) is 12.4 Å². The first kappa shape index (κ1) is 20.2. The molecule has 0 aromatic heterocycles. The molecule has 0 saturated carbocycles. The number of hydrogen-bond donors (Lipinski definition) is 2. The number of ether oxygens (including phenoxy) is 1. The van der Waals surface area contributed by atoms with Crippen molar-refractivity contribution in [1.29, 1.82) is 0 Å². The van der Waals surface area contributed by atoms with E-state index in [1.165, 1.54) is 18.7 Å². The van der Waals surface area contributed by atoms with Crippen LogP contribution in [-0.4, -0.2) is 35.9 Å². The Morgan fingerprint density at radius 2 is 1.59 bits per heavy atom. The number of carbonyl (C=O) groups excluding carboxylic acids is 4. The SMILES string of the molecule is CC(=O)CSc1ccccc1C(=O)OCC(=O)NNC(=O)c1ccccc1. The highest BCUT2D eigenvalue weighted by Gasteiger charge is 2.15. The zero-order valence-electron chi connectivity index (χ0n) is 14.6. The summed E-state index contributed by atoms with van der Waals surface area (Å²) in [6.45, 7) is 0.904. The minimum Gasteiger partial charge on any atom is -0.452 e. The monoisotopic (exact) mass is 386 g/mol. The summed E-state index contributed by atoms with van der Waals surface area (Å²) < 4.78 is 4.97. The number of hydrogen-bond acceptors (Lipinski definition) is 6. The number of esters is 1. The number of ketones is 1. The molecule has 0 aliphatic rings. The maximum absolute atomic E-state index is 12.2. The van der Waals surface area contributed by atoms with E-state index in [0.29, 0.717) is 10.5 Å². The first-order chi connectivity index (χ1) is 13.0. The van der Waals surface area contributed by atoms with Crippen molar-refractivity contribution in [1.82, 2.24) is 10.9 Å². The third-order valence-corrected chi connectivity index (χ3v) is 4.44. The Labute approximate surface area is 160 Å². The van der Waals surface area contributed by atoms with Crippen LogP contribution in [0.2, 0.25) is 0 Å². The van der Waals surface area contributed by atoms with Crippen LogP contribution >= 0.6 is 11.8 Å². The molecule has 0 aliphatic carbocycles. The summed E-state index contributed by atoms with van der Waals surface area (Å²) in [6.07, 6.45) is 0. The van der Waals surface area contributed by atoms with Crippen LogP contribution in [0.15, 0.2) is 59.5 Å².